The van der Waals surface area contributed by atoms with Crippen molar-refractivity contribution in [3.63, 3.8) is 0 Å². The molecule has 0 fully saturated rings. The first-order valence-corrected chi connectivity index (χ1v) is 17.1. The van der Waals surface area contributed by atoms with E-state index in [9.17, 15) is 0 Å². The van der Waals surface area contributed by atoms with Gasteiger partial charge in [-0.3, -0.25) is 8.97 Å². The Morgan fingerprint density at radius 3 is 1.37 bits per heavy atom. The molecule has 7 aromatic carbocycles. The summed E-state index contributed by atoms with van der Waals surface area (Å²) in [4.78, 5) is 5.13. The standard InChI is InChI=1S/C46H30N3/c1-5-17-35-31(13-1)32-14-2-6-18-36(32)44(35)43(45-37-19-7-3-15-33(37)34-16-4-8-20-38(34)45)29-25-27-30(28-26-29)48-41-23-11-12-24-42(41)49-40-22-10-9-21-39(40)47-46(48)49/h1-28,44-45H. The molecule has 0 unspecified atom stereocenters. The molecule has 49 heavy (non-hydrogen) atoms. The van der Waals surface area contributed by atoms with Crippen LogP contribution in [-0.4, -0.2) is 14.0 Å². The second-order valence-corrected chi connectivity index (χ2v) is 13.3. The molecule has 11 rings (SSSR count). The van der Waals surface area contributed by atoms with Gasteiger partial charge in [-0.1, -0.05) is 133 Å². The molecule has 0 bridgehead atoms. The molecule has 0 saturated heterocycles. The summed E-state index contributed by atoms with van der Waals surface area (Å²) in [7, 11) is 0. The molecule has 2 aliphatic rings. The van der Waals surface area contributed by atoms with Crippen LogP contribution < -0.4 is 0 Å². The number of para-hydroxylation sites is 4. The minimum atomic E-state index is 0.124. The van der Waals surface area contributed by atoms with Crippen LogP contribution in [0.1, 0.15) is 39.7 Å². The van der Waals surface area contributed by atoms with E-state index in [0.29, 0.717) is 0 Å². The molecule has 9 aromatic rings. The van der Waals surface area contributed by atoms with E-state index in [0.717, 1.165) is 33.5 Å². The number of aromatic nitrogens is 3. The Labute approximate surface area is 284 Å². The first kappa shape index (κ1) is 26.8. The average molecular weight is 625 g/mol. The Morgan fingerprint density at radius 2 is 0.837 bits per heavy atom. The van der Waals surface area contributed by atoms with E-state index >= 15 is 0 Å². The number of fused-ring (bicyclic) bond motifs is 11. The smallest absolute Gasteiger partial charge is 0.220 e. The Kier molecular flexibility index (Phi) is 5.56. The SMILES string of the molecule is c1ccc2c(c1)-c1ccccc1C2[C](c1ccc(-n2c3ccccc3n3c4ccccc4nc23)cc1)C1c2ccccc2-c2ccccc21. The molecule has 0 atom stereocenters. The van der Waals surface area contributed by atoms with Crippen molar-refractivity contribution in [1.82, 2.24) is 14.0 Å². The van der Waals surface area contributed by atoms with E-state index in [1.54, 1.807) is 0 Å². The normalized spacial score (nSPS) is 13.7. The van der Waals surface area contributed by atoms with Gasteiger partial charge in [0, 0.05) is 23.4 Å². The van der Waals surface area contributed by atoms with Crippen molar-refractivity contribution < 1.29 is 0 Å². The van der Waals surface area contributed by atoms with Gasteiger partial charge in [-0.15, -0.1) is 0 Å². The van der Waals surface area contributed by atoms with Crippen molar-refractivity contribution in [2.75, 3.05) is 0 Å². The van der Waals surface area contributed by atoms with Gasteiger partial charge in [0.2, 0.25) is 5.78 Å². The lowest BCUT2D eigenvalue weighted by Crippen LogP contribution is -2.20. The largest absolute Gasteiger partial charge is 0.278 e. The Hall–Kier alpha value is -6.19. The van der Waals surface area contributed by atoms with Crippen LogP contribution in [0.4, 0.5) is 0 Å². The van der Waals surface area contributed by atoms with E-state index in [1.807, 2.05) is 0 Å². The van der Waals surface area contributed by atoms with Crippen LogP contribution >= 0.6 is 0 Å². The molecule has 0 N–H and O–H groups in total. The molecule has 2 heterocycles. The van der Waals surface area contributed by atoms with Crippen LogP contribution in [0, 0.1) is 5.92 Å². The number of imidazole rings is 2. The lowest BCUT2D eigenvalue weighted by Gasteiger charge is -2.32. The van der Waals surface area contributed by atoms with Crippen molar-refractivity contribution in [1.29, 1.82) is 0 Å². The average Bonchev–Trinajstić information content (AvgIpc) is 3.89. The first-order valence-electron chi connectivity index (χ1n) is 17.1. The zero-order valence-corrected chi connectivity index (χ0v) is 26.7. The Morgan fingerprint density at radius 1 is 0.408 bits per heavy atom. The van der Waals surface area contributed by atoms with Crippen LogP contribution in [0.25, 0.3) is 55.8 Å². The second-order valence-electron chi connectivity index (χ2n) is 13.3. The number of hydrogen-bond acceptors (Lipinski definition) is 1. The predicted octanol–water partition coefficient (Wildman–Crippen LogP) is 11.0. The molecule has 0 spiro atoms. The molecule has 229 valence electrons. The van der Waals surface area contributed by atoms with Gasteiger partial charge in [-0.05, 0) is 86.5 Å². The number of nitrogens with zero attached hydrogens (tertiary/aromatic N) is 3. The first-order chi connectivity index (χ1) is 24.3. The van der Waals surface area contributed by atoms with Gasteiger partial charge in [0.05, 0.1) is 22.1 Å². The van der Waals surface area contributed by atoms with E-state index in [2.05, 4.69) is 179 Å². The van der Waals surface area contributed by atoms with E-state index in [4.69, 9.17) is 4.98 Å². The van der Waals surface area contributed by atoms with Gasteiger partial charge in [-0.25, -0.2) is 4.98 Å². The van der Waals surface area contributed by atoms with Crippen LogP contribution in [0.15, 0.2) is 170 Å². The third-order valence-corrected chi connectivity index (χ3v) is 10.9. The molecule has 1 radical (unpaired) electrons. The molecule has 2 aliphatic carbocycles. The van der Waals surface area contributed by atoms with Gasteiger partial charge in [-0.2, -0.15) is 0 Å². The van der Waals surface area contributed by atoms with E-state index in [-0.39, 0.29) is 11.8 Å². The summed E-state index contributed by atoms with van der Waals surface area (Å²) in [5, 5.41) is 0. The van der Waals surface area contributed by atoms with Crippen molar-refractivity contribution >= 4 is 27.8 Å². The fourth-order valence-electron chi connectivity index (χ4n) is 8.89. The molecule has 3 nitrogen and oxygen atoms in total. The summed E-state index contributed by atoms with van der Waals surface area (Å²) in [6.07, 6.45) is 0. The third kappa shape index (κ3) is 3.70. The molecule has 2 aromatic heterocycles. The number of rotatable bonds is 4. The monoisotopic (exact) mass is 624 g/mol. The molecular weight excluding hydrogens is 595 g/mol. The maximum absolute atomic E-state index is 5.13. The molecule has 0 amide bonds. The van der Waals surface area contributed by atoms with Crippen molar-refractivity contribution in [2.45, 2.75) is 11.8 Å². The zero-order chi connectivity index (χ0) is 32.1. The fourth-order valence-corrected chi connectivity index (χ4v) is 8.89. The summed E-state index contributed by atoms with van der Waals surface area (Å²) >= 11 is 0. The summed E-state index contributed by atoms with van der Waals surface area (Å²) in [6, 6.07) is 62.3. The zero-order valence-electron chi connectivity index (χ0n) is 26.7. The molecule has 3 heteroatoms. The lowest BCUT2D eigenvalue weighted by molar-refractivity contribution is 0.740. The minimum absolute atomic E-state index is 0.124. The van der Waals surface area contributed by atoms with Crippen LogP contribution in [-0.2, 0) is 0 Å². The van der Waals surface area contributed by atoms with Crippen molar-refractivity contribution in [3.8, 4) is 27.9 Å². The summed E-state index contributed by atoms with van der Waals surface area (Å²) in [5.74, 6) is 2.60. The maximum Gasteiger partial charge on any atom is 0.220 e. The molecule has 0 saturated carbocycles. The highest BCUT2D eigenvalue weighted by Crippen LogP contribution is 2.59. The highest BCUT2D eigenvalue weighted by molar-refractivity contribution is 5.92. The predicted molar refractivity (Wildman–Crippen MR) is 199 cm³/mol. The third-order valence-electron chi connectivity index (χ3n) is 10.9. The quantitative estimate of drug-likeness (QED) is 0.191. The second kappa shape index (κ2) is 10.2. The van der Waals surface area contributed by atoms with Crippen LogP contribution in [0.5, 0.6) is 0 Å². The topological polar surface area (TPSA) is 22.2 Å². The van der Waals surface area contributed by atoms with E-state index in [1.165, 1.54) is 56.0 Å². The fraction of sp³-hybridized carbons (Fsp3) is 0.0435. The number of benzene rings is 7. The summed E-state index contributed by atoms with van der Waals surface area (Å²) < 4.78 is 4.59. The Bertz CT molecular complexity index is 2560. The van der Waals surface area contributed by atoms with Gasteiger partial charge < -0.3 is 0 Å². The van der Waals surface area contributed by atoms with Gasteiger partial charge in [0.15, 0.2) is 0 Å². The highest BCUT2D eigenvalue weighted by Gasteiger charge is 2.44. The van der Waals surface area contributed by atoms with Crippen molar-refractivity contribution in [2.24, 2.45) is 0 Å². The summed E-state index contributed by atoms with van der Waals surface area (Å²) in [5.41, 5.74) is 17.7. The summed E-state index contributed by atoms with van der Waals surface area (Å²) in [6.45, 7) is 0. The molecule has 0 aliphatic heterocycles. The Balaban J connectivity index is 1.15. The number of hydrogen-bond donors (Lipinski definition) is 0. The van der Waals surface area contributed by atoms with Gasteiger partial charge >= 0.3 is 0 Å². The lowest BCUT2D eigenvalue weighted by atomic mass is 9.69. The van der Waals surface area contributed by atoms with Crippen LogP contribution in [0.2, 0.25) is 0 Å². The molecular formula is C46H30N3. The van der Waals surface area contributed by atoms with Crippen LogP contribution in [0.3, 0.4) is 0 Å². The van der Waals surface area contributed by atoms with Crippen molar-refractivity contribution in [3.05, 3.63) is 204 Å². The van der Waals surface area contributed by atoms with Gasteiger partial charge in [0.25, 0.3) is 0 Å². The van der Waals surface area contributed by atoms with E-state index < -0.39 is 0 Å². The van der Waals surface area contributed by atoms with Gasteiger partial charge in [0.1, 0.15) is 0 Å². The maximum atomic E-state index is 5.13. The highest BCUT2D eigenvalue weighted by atomic mass is 15.2. The minimum Gasteiger partial charge on any atom is -0.278 e.